The topological polar surface area (TPSA) is 85.4 Å². The van der Waals surface area contributed by atoms with E-state index in [2.05, 4.69) is 0 Å². The molecule has 0 aliphatic carbocycles. The minimum atomic E-state index is -1.43. The summed E-state index contributed by atoms with van der Waals surface area (Å²) in [6.07, 6.45) is 0. The van der Waals surface area contributed by atoms with E-state index in [1.807, 2.05) is 6.07 Å². The number of fused-ring (bicyclic) bond motifs is 5. The van der Waals surface area contributed by atoms with Crippen LogP contribution in [0.2, 0.25) is 5.02 Å². The molecule has 3 aliphatic heterocycles. The highest BCUT2D eigenvalue weighted by Crippen LogP contribution is 2.58. The lowest BCUT2D eigenvalue weighted by molar-refractivity contribution is -0.154. The third-order valence-corrected chi connectivity index (χ3v) is 7.10. The highest BCUT2D eigenvalue weighted by molar-refractivity contribution is 6.31. The number of carbonyl (C=O) groups is 3. The monoisotopic (exact) mass is 470 g/mol. The largest absolute Gasteiger partial charge is 0.497 e. The summed E-state index contributed by atoms with van der Waals surface area (Å²) in [5, 5.41) is 0.487. The van der Waals surface area contributed by atoms with Crippen LogP contribution in [0.25, 0.3) is 0 Å². The number of hydrogen-bond acceptors (Lipinski definition) is 6. The van der Waals surface area contributed by atoms with Gasteiger partial charge in [0.1, 0.15) is 17.0 Å². The Labute approximate surface area is 195 Å². The molecule has 3 amide bonds. The van der Waals surface area contributed by atoms with E-state index in [1.165, 1.54) is 4.90 Å². The number of hydrogen-bond donors (Lipinski definition) is 0. The van der Waals surface area contributed by atoms with Crippen molar-refractivity contribution in [1.29, 1.82) is 0 Å². The lowest BCUT2D eigenvalue weighted by Gasteiger charge is -2.34. The number of rotatable bonds is 4. The molecule has 2 saturated heterocycles. The fourth-order valence-electron chi connectivity index (χ4n) is 5.41. The predicted octanol–water partition coefficient (Wildman–Crippen LogP) is 3.82. The first-order chi connectivity index (χ1) is 15.8. The number of halogens is 1. The van der Waals surface area contributed by atoms with Gasteiger partial charge in [-0.3, -0.25) is 9.59 Å². The van der Waals surface area contributed by atoms with E-state index in [4.69, 9.17) is 25.8 Å². The van der Waals surface area contributed by atoms with Gasteiger partial charge >= 0.3 is 12.0 Å². The molecule has 8 nitrogen and oxygen atoms in total. The number of methoxy groups -OCH3 is 1. The van der Waals surface area contributed by atoms with Crippen molar-refractivity contribution in [3.8, 4) is 11.5 Å². The molecule has 172 valence electrons. The molecule has 0 saturated carbocycles. The summed E-state index contributed by atoms with van der Waals surface area (Å²) >= 11 is 6.00. The van der Waals surface area contributed by atoms with Crippen LogP contribution in [0.15, 0.2) is 42.5 Å². The summed E-state index contributed by atoms with van der Waals surface area (Å²) in [5.74, 6) is -1.13. The normalized spacial score (nSPS) is 27.6. The highest BCUT2D eigenvalue weighted by atomic mass is 35.5. The highest BCUT2D eigenvalue weighted by Gasteiger charge is 2.72. The van der Waals surface area contributed by atoms with Crippen LogP contribution >= 0.6 is 11.6 Å². The van der Waals surface area contributed by atoms with Crippen LogP contribution in [0, 0.1) is 11.8 Å². The molecule has 33 heavy (non-hydrogen) atoms. The Hall–Kier alpha value is -3.26. The molecule has 2 fully saturated rings. The van der Waals surface area contributed by atoms with Crippen LogP contribution in [0.1, 0.15) is 25.5 Å². The molecule has 2 aromatic carbocycles. The molecule has 3 unspecified atom stereocenters. The van der Waals surface area contributed by atoms with Crippen molar-refractivity contribution < 1.29 is 28.6 Å². The smallest absolute Gasteiger partial charge is 0.332 e. The second-order valence-electron chi connectivity index (χ2n) is 8.47. The molecule has 4 atom stereocenters. The summed E-state index contributed by atoms with van der Waals surface area (Å²) in [5.41, 5.74) is -0.307. The molecule has 0 spiro atoms. The van der Waals surface area contributed by atoms with E-state index < -0.39 is 41.3 Å². The zero-order valence-electron chi connectivity index (χ0n) is 18.4. The molecule has 9 heteroatoms. The first-order valence-electron chi connectivity index (χ1n) is 10.7. The van der Waals surface area contributed by atoms with Gasteiger partial charge in [-0.25, -0.2) is 9.69 Å². The number of amides is 3. The maximum Gasteiger partial charge on any atom is 0.332 e. The van der Waals surface area contributed by atoms with E-state index in [1.54, 1.807) is 57.4 Å². The minimum absolute atomic E-state index is 0.167. The molecule has 3 heterocycles. The number of anilines is 1. The van der Waals surface area contributed by atoms with E-state index in [0.29, 0.717) is 22.2 Å². The van der Waals surface area contributed by atoms with Gasteiger partial charge in [-0.2, -0.15) is 0 Å². The van der Waals surface area contributed by atoms with Crippen LogP contribution in [-0.4, -0.2) is 48.7 Å². The maximum absolute atomic E-state index is 13.8. The number of esters is 1. The second kappa shape index (κ2) is 7.66. The lowest BCUT2D eigenvalue weighted by atomic mass is 9.77. The summed E-state index contributed by atoms with van der Waals surface area (Å²) in [4.78, 5) is 43.5. The summed E-state index contributed by atoms with van der Waals surface area (Å²) in [6.45, 7) is 3.69. The lowest BCUT2D eigenvalue weighted by Crippen LogP contribution is -2.51. The Morgan fingerprint density at radius 1 is 1.21 bits per heavy atom. The number of nitrogens with zero attached hydrogens (tertiary/aromatic N) is 2. The number of ether oxygens (including phenoxy) is 3. The minimum Gasteiger partial charge on any atom is -0.497 e. The second-order valence-corrected chi connectivity index (χ2v) is 8.91. The van der Waals surface area contributed by atoms with Gasteiger partial charge in [0.05, 0.1) is 38.0 Å². The number of benzene rings is 2. The van der Waals surface area contributed by atoms with Gasteiger partial charge in [0.2, 0.25) is 0 Å². The van der Waals surface area contributed by atoms with E-state index >= 15 is 0 Å². The van der Waals surface area contributed by atoms with Crippen molar-refractivity contribution >= 4 is 35.2 Å². The van der Waals surface area contributed by atoms with Crippen molar-refractivity contribution in [2.75, 3.05) is 25.2 Å². The third-order valence-electron chi connectivity index (χ3n) is 6.85. The van der Waals surface area contributed by atoms with Gasteiger partial charge in [-0.05, 0) is 50.2 Å². The Kier molecular flexibility index (Phi) is 5.01. The number of carbonyl (C=O) groups excluding carboxylic acids is 3. The molecular weight excluding hydrogens is 448 g/mol. The van der Waals surface area contributed by atoms with Crippen molar-refractivity contribution in [3.05, 3.63) is 53.1 Å². The van der Waals surface area contributed by atoms with Crippen LogP contribution in [0.4, 0.5) is 10.5 Å². The van der Waals surface area contributed by atoms with E-state index in [-0.39, 0.29) is 13.2 Å². The first kappa shape index (κ1) is 21.6. The Morgan fingerprint density at radius 2 is 1.94 bits per heavy atom. The van der Waals surface area contributed by atoms with Gasteiger partial charge in [0.25, 0.3) is 5.91 Å². The van der Waals surface area contributed by atoms with Gasteiger partial charge in [0.15, 0.2) is 0 Å². The molecule has 0 radical (unpaired) electrons. The van der Waals surface area contributed by atoms with Crippen LogP contribution < -0.4 is 14.4 Å². The quantitative estimate of drug-likeness (QED) is 0.499. The van der Waals surface area contributed by atoms with Gasteiger partial charge in [-0.1, -0.05) is 11.6 Å². The SMILES string of the molecule is CCOC(=O)C1C2COc3cc(OC)ccc3C2N2C(=O)N(c3ccc(Cl)cc3)C(=O)[C@@]12C. The van der Waals surface area contributed by atoms with E-state index in [0.717, 1.165) is 10.5 Å². The molecular formula is C24H23ClN2O6. The van der Waals surface area contributed by atoms with Gasteiger partial charge < -0.3 is 19.1 Å². The molecule has 5 rings (SSSR count). The number of urea groups is 1. The van der Waals surface area contributed by atoms with Crippen LogP contribution in [-0.2, 0) is 14.3 Å². The van der Waals surface area contributed by atoms with Crippen LogP contribution in [0.3, 0.4) is 0 Å². The van der Waals surface area contributed by atoms with Crippen molar-refractivity contribution in [2.24, 2.45) is 11.8 Å². The summed E-state index contributed by atoms with van der Waals surface area (Å²) in [6, 6.07) is 10.8. The maximum atomic E-state index is 13.8. The van der Waals surface area contributed by atoms with Crippen LogP contribution in [0.5, 0.6) is 11.5 Å². The molecule has 0 N–H and O–H groups in total. The standard InChI is InChI=1S/C24H23ClN2O6/c1-4-32-21(28)19-17-12-33-18-11-15(31-3)9-10-16(18)20(17)27-23(30)26(22(29)24(19,27)2)14-7-5-13(25)6-8-14/h5-11,17,19-20H,4,12H2,1-3H3/t17?,19?,20?,24-/m1/s1. The van der Waals surface area contributed by atoms with Gasteiger partial charge in [0, 0.05) is 22.6 Å². The Morgan fingerprint density at radius 3 is 2.61 bits per heavy atom. The zero-order valence-corrected chi connectivity index (χ0v) is 19.2. The Bertz CT molecular complexity index is 1150. The average Bonchev–Trinajstić information content (AvgIpc) is 3.19. The van der Waals surface area contributed by atoms with Crippen molar-refractivity contribution in [2.45, 2.75) is 25.4 Å². The van der Waals surface area contributed by atoms with Crippen molar-refractivity contribution in [1.82, 2.24) is 4.90 Å². The molecule has 0 bridgehead atoms. The molecule has 0 aromatic heterocycles. The fourth-order valence-corrected chi connectivity index (χ4v) is 5.54. The third kappa shape index (κ3) is 2.93. The summed E-state index contributed by atoms with van der Waals surface area (Å²) < 4.78 is 16.7. The van der Waals surface area contributed by atoms with E-state index in [9.17, 15) is 14.4 Å². The molecule has 2 aromatic rings. The van der Waals surface area contributed by atoms with Gasteiger partial charge in [-0.15, -0.1) is 0 Å². The van der Waals surface area contributed by atoms with Crippen molar-refractivity contribution in [3.63, 3.8) is 0 Å². The average molecular weight is 471 g/mol. The predicted molar refractivity (Wildman–Crippen MR) is 119 cm³/mol. The number of imide groups is 1. The molecule has 3 aliphatic rings. The zero-order chi connectivity index (χ0) is 23.5. The summed E-state index contributed by atoms with van der Waals surface area (Å²) in [7, 11) is 1.56. The Balaban J connectivity index is 1.66. The fraction of sp³-hybridized carbons (Fsp3) is 0.375. The first-order valence-corrected chi connectivity index (χ1v) is 11.1.